The molecule has 2 N–H and O–H groups in total. The average molecular weight is 288 g/mol. The first-order chi connectivity index (χ1) is 8.90. The number of carbonyl (C=O) groups is 1. The Morgan fingerprint density at radius 2 is 2.00 bits per heavy atom. The Labute approximate surface area is 121 Å². The molecule has 19 heavy (non-hydrogen) atoms. The zero-order chi connectivity index (χ0) is 14.3. The van der Waals surface area contributed by atoms with E-state index in [4.69, 9.17) is 4.74 Å². The van der Waals surface area contributed by atoms with Gasteiger partial charge in [0, 0.05) is 18.6 Å². The fourth-order valence-electron chi connectivity index (χ4n) is 1.98. The molecular weight excluding hydrogens is 260 g/mol. The summed E-state index contributed by atoms with van der Waals surface area (Å²) in [6, 6.07) is 0.750. The average Bonchev–Trinajstić information content (AvgIpc) is 2.33. The van der Waals surface area contributed by atoms with Gasteiger partial charge < -0.3 is 15.4 Å². The highest BCUT2D eigenvalue weighted by molar-refractivity contribution is 7.99. The van der Waals surface area contributed by atoms with E-state index in [9.17, 15) is 4.79 Å². The normalized spacial score (nSPS) is 18.9. The van der Waals surface area contributed by atoms with Crippen molar-refractivity contribution in [2.75, 3.05) is 18.1 Å². The summed E-state index contributed by atoms with van der Waals surface area (Å²) in [5, 5.41) is 6.49. The van der Waals surface area contributed by atoms with Crippen LogP contribution in [-0.4, -0.2) is 41.8 Å². The number of hydrogen-bond acceptors (Lipinski definition) is 4. The molecule has 1 rings (SSSR count). The molecule has 1 atom stereocenters. The molecule has 1 amide bonds. The molecule has 0 aromatic heterocycles. The summed E-state index contributed by atoms with van der Waals surface area (Å²) in [6.45, 7) is 8.55. The zero-order valence-electron chi connectivity index (χ0n) is 12.6. The quantitative estimate of drug-likeness (QED) is 0.817. The molecule has 0 radical (unpaired) electrons. The van der Waals surface area contributed by atoms with Gasteiger partial charge in [-0.25, -0.2) is 4.79 Å². The van der Waals surface area contributed by atoms with E-state index in [-0.39, 0.29) is 12.1 Å². The standard InChI is InChI=1S/C14H28N2O2S/c1-5-11(16-13(17)18-14(2,3)4)10-15-12-6-8-19-9-7-12/h11-12,15H,5-10H2,1-4H3,(H,16,17). The van der Waals surface area contributed by atoms with Crippen LogP contribution in [0.25, 0.3) is 0 Å². The van der Waals surface area contributed by atoms with E-state index in [0.29, 0.717) is 6.04 Å². The van der Waals surface area contributed by atoms with E-state index < -0.39 is 5.60 Å². The van der Waals surface area contributed by atoms with Crippen LogP contribution in [0.2, 0.25) is 0 Å². The summed E-state index contributed by atoms with van der Waals surface area (Å²) in [6.07, 6.45) is 3.05. The lowest BCUT2D eigenvalue weighted by atomic mass is 10.1. The molecule has 0 bridgehead atoms. The number of nitrogens with one attached hydrogen (secondary N) is 2. The molecule has 112 valence electrons. The van der Waals surface area contributed by atoms with Crippen molar-refractivity contribution in [3.63, 3.8) is 0 Å². The molecule has 1 aliphatic heterocycles. The van der Waals surface area contributed by atoms with Crippen LogP contribution in [0.15, 0.2) is 0 Å². The fourth-order valence-corrected chi connectivity index (χ4v) is 3.09. The van der Waals surface area contributed by atoms with Gasteiger partial charge in [0.15, 0.2) is 0 Å². The Morgan fingerprint density at radius 3 is 2.53 bits per heavy atom. The van der Waals surface area contributed by atoms with E-state index in [0.717, 1.165) is 13.0 Å². The molecule has 0 aromatic carbocycles. The molecule has 1 fully saturated rings. The SMILES string of the molecule is CCC(CNC1CCSCC1)NC(=O)OC(C)(C)C. The maximum Gasteiger partial charge on any atom is 0.407 e. The summed E-state index contributed by atoms with van der Waals surface area (Å²) in [4.78, 5) is 11.7. The van der Waals surface area contributed by atoms with E-state index in [2.05, 4.69) is 17.6 Å². The van der Waals surface area contributed by atoms with Crippen LogP contribution in [0.5, 0.6) is 0 Å². The monoisotopic (exact) mass is 288 g/mol. The van der Waals surface area contributed by atoms with Crippen molar-refractivity contribution in [1.29, 1.82) is 0 Å². The van der Waals surface area contributed by atoms with Crippen LogP contribution in [-0.2, 0) is 4.74 Å². The summed E-state index contributed by atoms with van der Waals surface area (Å²) in [5.74, 6) is 2.49. The minimum absolute atomic E-state index is 0.143. The third-order valence-electron chi connectivity index (χ3n) is 3.09. The molecule has 1 heterocycles. The lowest BCUT2D eigenvalue weighted by Crippen LogP contribution is -2.46. The number of ether oxygens (including phenoxy) is 1. The Morgan fingerprint density at radius 1 is 1.37 bits per heavy atom. The Bertz CT molecular complexity index is 273. The highest BCUT2D eigenvalue weighted by Crippen LogP contribution is 2.16. The summed E-state index contributed by atoms with van der Waals surface area (Å²) >= 11 is 2.03. The zero-order valence-corrected chi connectivity index (χ0v) is 13.4. The predicted octanol–water partition coefficient (Wildman–Crippen LogP) is 2.77. The highest BCUT2D eigenvalue weighted by atomic mass is 32.2. The molecule has 0 saturated carbocycles. The summed E-state index contributed by atoms with van der Waals surface area (Å²) in [5.41, 5.74) is -0.434. The molecule has 1 saturated heterocycles. The van der Waals surface area contributed by atoms with Crippen molar-refractivity contribution in [1.82, 2.24) is 10.6 Å². The van der Waals surface area contributed by atoms with Gasteiger partial charge in [-0.1, -0.05) is 6.92 Å². The predicted molar refractivity (Wildman–Crippen MR) is 81.8 cm³/mol. The van der Waals surface area contributed by atoms with Gasteiger partial charge >= 0.3 is 6.09 Å². The molecule has 1 aliphatic rings. The second kappa shape index (κ2) is 8.00. The lowest BCUT2D eigenvalue weighted by molar-refractivity contribution is 0.0501. The van der Waals surface area contributed by atoms with E-state index >= 15 is 0 Å². The second-order valence-electron chi connectivity index (χ2n) is 6.05. The number of thioether (sulfide) groups is 1. The van der Waals surface area contributed by atoms with Crippen LogP contribution in [0.3, 0.4) is 0 Å². The highest BCUT2D eigenvalue weighted by Gasteiger charge is 2.20. The molecule has 1 unspecified atom stereocenters. The van der Waals surface area contributed by atoms with Crippen molar-refractivity contribution in [2.45, 2.75) is 64.6 Å². The van der Waals surface area contributed by atoms with Crippen LogP contribution in [0.1, 0.15) is 47.0 Å². The van der Waals surface area contributed by atoms with Gasteiger partial charge in [-0.3, -0.25) is 0 Å². The van der Waals surface area contributed by atoms with Crippen molar-refractivity contribution >= 4 is 17.9 Å². The van der Waals surface area contributed by atoms with Gasteiger partial charge in [-0.05, 0) is 51.5 Å². The molecule has 0 aromatic rings. The Kier molecular flexibility index (Phi) is 7.00. The first-order valence-corrected chi connectivity index (χ1v) is 8.37. The number of amides is 1. The molecule has 0 spiro atoms. The van der Waals surface area contributed by atoms with Crippen LogP contribution in [0.4, 0.5) is 4.79 Å². The summed E-state index contributed by atoms with van der Waals surface area (Å²) in [7, 11) is 0. The van der Waals surface area contributed by atoms with E-state index in [1.54, 1.807) is 0 Å². The van der Waals surface area contributed by atoms with Crippen molar-refractivity contribution in [3.05, 3.63) is 0 Å². The van der Waals surface area contributed by atoms with Crippen LogP contribution in [0, 0.1) is 0 Å². The number of hydrogen-bond donors (Lipinski definition) is 2. The molecular formula is C14H28N2O2S. The molecule has 4 nitrogen and oxygen atoms in total. The fraction of sp³-hybridized carbons (Fsp3) is 0.929. The summed E-state index contributed by atoms with van der Waals surface area (Å²) < 4.78 is 5.28. The Hall–Kier alpha value is -0.420. The second-order valence-corrected chi connectivity index (χ2v) is 7.27. The minimum Gasteiger partial charge on any atom is -0.444 e. The molecule has 5 heteroatoms. The largest absolute Gasteiger partial charge is 0.444 e. The van der Waals surface area contributed by atoms with Crippen LogP contribution < -0.4 is 10.6 Å². The van der Waals surface area contributed by atoms with Crippen molar-refractivity contribution in [3.8, 4) is 0 Å². The number of alkyl carbamates (subject to hydrolysis) is 1. The van der Waals surface area contributed by atoms with Gasteiger partial charge in [-0.2, -0.15) is 11.8 Å². The lowest BCUT2D eigenvalue weighted by Gasteiger charge is -2.27. The maximum atomic E-state index is 11.7. The van der Waals surface area contributed by atoms with Crippen molar-refractivity contribution < 1.29 is 9.53 Å². The van der Waals surface area contributed by atoms with E-state index in [1.165, 1.54) is 24.3 Å². The number of carbonyl (C=O) groups excluding carboxylic acids is 1. The van der Waals surface area contributed by atoms with E-state index in [1.807, 2.05) is 32.5 Å². The van der Waals surface area contributed by atoms with Gasteiger partial charge in [0.1, 0.15) is 5.60 Å². The van der Waals surface area contributed by atoms with Crippen molar-refractivity contribution in [2.24, 2.45) is 0 Å². The topological polar surface area (TPSA) is 50.4 Å². The Balaban J connectivity index is 2.26. The molecule has 0 aliphatic carbocycles. The third-order valence-corrected chi connectivity index (χ3v) is 4.14. The van der Waals surface area contributed by atoms with Gasteiger partial charge in [-0.15, -0.1) is 0 Å². The van der Waals surface area contributed by atoms with Gasteiger partial charge in [0.2, 0.25) is 0 Å². The number of rotatable bonds is 5. The van der Waals surface area contributed by atoms with Gasteiger partial charge in [0.25, 0.3) is 0 Å². The van der Waals surface area contributed by atoms with Gasteiger partial charge in [0.05, 0.1) is 0 Å². The third kappa shape index (κ3) is 7.67. The smallest absolute Gasteiger partial charge is 0.407 e. The minimum atomic E-state index is -0.434. The first kappa shape index (κ1) is 16.6. The first-order valence-electron chi connectivity index (χ1n) is 7.21. The van der Waals surface area contributed by atoms with Crippen LogP contribution >= 0.6 is 11.8 Å². The maximum absolute atomic E-state index is 11.7.